The lowest BCUT2D eigenvalue weighted by Gasteiger charge is -2.43. The fraction of sp³-hybridized carbons (Fsp3) is 0.333. The molecule has 2 aliphatic rings. The third-order valence-corrected chi connectivity index (χ3v) is 8.82. The predicted octanol–water partition coefficient (Wildman–Crippen LogP) is 0.283. The number of esters is 1. The van der Waals surface area contributed by atoms with E-state index in [0.29, 0.717) is 5.56 Å². The molecule has 2 fully saturated rings. The van der Waals surface area contributed by atoms with Gasteiger partial charge in [0.1, 0.15) is 64.8 Å². The van der Waals surface area contributed by atoms with Crippen molar-refractivity contribution in [3.63, 3.8) is 0 Å². The molecule has 3 aromatic carbocycles. The maximum atomic E-state index is 13.9. The van der Waals surface area contributed by atoms with E-state index in [4.69, 9.17) is 28.1 Å². The topological polar surface area (TPSA) is 296 Å². The maximum Gasteiger partial charge on any atom is 0.331 e. The van der Waals surface area contributed by atoms with Crippen molar-refractivity contribution >= 4 is 23.0 Å². The van der Waals surface area contributed by atoms with Crippen LogP contribution in [0.1, 0.15) is 12.5 Å². The Hall–Kier alpha value is -5.44. The highest BCUT2D eigenvalue weighted by atomic mass is 16.7. The molecule has 0 amide bonds. The molecular formula is C36H36O18. The molecule has 3 heterocycles. The molecule has 18 heteroatoms. The molecule has 54 heavy (non-hydrogen) atoms. The van der Waals surface area contributed by atoms with Gasteiger partial charge in [-0.25, -0.2) is 4.79 Å². The number of rotatable bonds is 9. The monoisotopic (exact) mass is 756 g/mol. The fourth-order valence-electron chi connectivity index (χ4n) is 5.89. The molecule has 0 aliphatic carbocycles. The van der Waals surface area contributed by atoms with Gasteiger partial charge in [-0.15, -0.1) is 0 Å². The molecule has 6 rings (SSSR count). The van der Waals surface area contributed by atoms with Gasteiger partial charge in [-0.1, -0.05) is 12.1 Å². The lowest BCUT2D eigenvalue weighted by atomic mass is 9.98. The Balaban J connectivity index is 1.34. The highest BCUT2D eigenvalue weighted by Crippen LogP contribution is 2.39. The van der Waals surface area contributed by atoms with Crippen molar-refractivity contribution in [3.8, 4) is 45.8 Å². The molecule has 2 saturated heterocycles. The van der Waals surface area contributed by atoms with E-state index >= 15 is 0 Å². The van der Waals surface area contributed by atoms with E-state index in [1.807, 2.05) is 0 Å². The Bertz CT molecular complexity index is 2080. The second-order valence-electron chi connectivity index (χ2n) is 12.6. The zero-order chi connectivity index (χ0) is 39.0. The minimum atomic E-state index is -2.08. The van der Waals surface area contributed by atoms with Crippen LogP contribution in [0, 0.1) is 0 Å². The van der Waals surface area contributed by atoms with Crippen LogP contribution in [-0.2, 0) is 23.7 Å². The number of aromatic hydroxyl groups is 5. The van der Waals surface area contributed by atoms with E-state index in [9.17, 15) is 60.7 Å². The number of aliphatic hydroxyl groups excluding tert-OH is 5. The molecule has 10 N–H and O–H groups in total. The number of aliphatic hydroxyl groups is 5. The first-order chi connectivity index (χ1) is 25.6. The van der Waals surface area contributed by atoms with Crippen LogP contribution in [0.4, 0.5) is 0 Å². The summed E-state index contributed by atoms with van der Waals surface area (Å²) in [4.78, 5) is 26.8. The summed E-state index contributed by atoms with van der Waals surface area (Å²) in [5.74, 6) is -4.59. The minimum absolute atomic E-state index is 0.0137. The normalized spacial score (nSPS) is 28.6. The van der Waals surface area contributed by atoms with Crippen LogP contribution in [-0.4, -0.2) is 125 Å². The van der Waals surface area contributed by atoms with E-state index in [-0.39, 0.29) is 16.9 Å². The summed E-state index contributed by atoms with van der Waals surface area (Å²) in [6, 6.07) is 10.9. The second kappa shape index (κ2) is 15.5. The predicted molar refractivity (Wildman–Crippen MR) is 181 cm³/mol. The number of phenolic OH excluding ortho intramolecular Hbond substituents is 5. The SMILES string of the molecule is C[C@H]1O[C@@H](OC[C@@H]2O[C@H](Oc3c(-c4ccc(O)c(O)c4)oc4cc(O)cc(O)c4c3=O)[C@@H](O)[C@H](O)[C@H]2OC(=O)/C=C/c2ccc(O)cc2)[C@H](O)[C@@H](O)[C@H]1O. The Morgan fingerprint density at radius 1 is 0.759 bits per heavy atom. The van der Waals surface area contributed by atoms with Crippen LogP contribution in [0.2, 0.25) is 0 Å². The molecule has 0 unspecified atom stereocenters. The first-order valence-electron chi connectivity index (χ1n) is 16.3. The highest BCUT2D eigenvalue weighted by Gasteiger charge is 2.50. The van der Waals surface area contributed by atoms with Gasteiger partial charge in [0, 0.05) is 23.8 Å². The van der Waals surface area contributed by atoms with Gasteiger partial charge >= 0.3 is 5.97 Å². The highest BCUT2D eigenvalue weighted by molar-refractivity contribution is 5.88. The van der Waals surface area contributed by atoms with Gasteiger partial charge in [0.2, 0.25) is 17.5 Å². The summed E-state index contributed by atoms with van der Waals surface area (Å²) in [7, 11) is 0. The molecule has 2 aliphatic heterocycles. The number of ether oxygens (including phenoxy) is 5. The zero-order valence-electron chi connectivity index (χ0n) is 28.1. The largest absolute Gasteiger partial charge is 0.508 e. The molecule has 0 radical (unpaired) electrons. The van der Waals surface area contributed by atoms with Crippen LogP contribution >= 0.6 is 0 Å². The number of phenols is 5. The quantitative estimate of drug-likeness (QED) is 0.0623. The first-order valence-corrected chi connectivity index (χ1v) is 16.3. The molecule has 0 saturated carbocycles. The molecule has 288 valence electrons. The Labute approximate surface area is 304 Å². The van der Waals surface area contributed by atoms with E-state index in [1.165, 1.54) is 43.3 Å². The van der Waals surface area contributed by atoms with E-state index in [0.717, 1.165) is 30.3 Å². The number of carbonyl (C=O) groups excluding carboxylic acids is 1. The lowest BCUT2D eigenvalue weighted by molar-refractivity contribution is -0.319. The molecule has 0 bridgehead atoms. The van der Waals surface area contributed by atoms with Crippen molar-refractivity contribution in [1.82, 2.24) is 0 Å². The number of fused-ring (bicyclic) bond motifs is 1. The van der Waals surface area contributed by atoms with Crippen molar-refractivity contribution in [2.75, 3.05) is 6.61 Å². The van der Waals surface area contributed by atoms with Crippen molar-refractivity contribution in [3.05, 3.63) is 76.5 Å². The van der Waals surface area contributed by atoms with Crippen molar-refractivity contribution in [2.24, 2.45) is 0 Å². The van der Waals surface area contributed by atoms with Gasteiger partial charge in [0.05, 0.1) is 12.7 Å². The molecule has 4 aromatic rings. The van der Waals surface area contributed by atoms with Gasteiger partial charge in [-0.05, 0) is 48.9 Å². The average molecular weight is 757 g/mol. The average Bonchev–Trinajstić information content (AvgIpc) is 3.13. The Morgan fingerprint density at radius 3 is 2.17 bits per heavy atom. The van der Waals surface area contributed by atoms with Crippen molar-refractivity contribution in [1.29, 1.82) is 0 Å². The minimum Gasteiger partial charge on any atom is -0.508 e. The standard InChI is InChI=1S/C36H36O18/c1-14-26(43)28(45)30(47)35(50-14)49-13-23-33(53-24(42)9-4-15-2-6-17(37)7-3-15)29(46)31(48)36(52-23)54-34-27(44)25-21(41)11-18(38)12-22(25)51-32(34)16-5-8-19(39)20(40)10-16/h2-12,14,23,26,28-31,33,35-41,43,45-48H,13H2,1H3/b9-4+/t14-,23+,26+,28+,29+,30-,31+,33+,35-,36-/m1/s1. The number of hydrogen-bond acceptors (Lipinski definition) is 18. The van der Waals surface area contributed by atoms with Gasteiger partial charge in [-0.2, -0.15) is 0 Å². The molecular weight excluding hydrogens is 720 g/mol. The summed E-state index contributed by atoms with van der Waals surface area (Å²) in [5.41, 5.74) is -0.977. The van der Waals surface area contributed by atoms with E-state index in [2.05, 4.69) is 0 Å². The smallest absolute Gasteiger partial charge is 0.331 e. The third kappa shape index (κ3) is 7.77. The zero-order valence-corrected chi connectivity index (χ0v) is 28.1. The molecule has 1 aromatic heterocycles. The van der Waals surface area contributed by atoms with Crippen LogP contribution in [0.5, 0.6) is 34.5 Å². The van der Waals surface area contributed by atoms with Gasteiger partial charge < -0.3 is 79.2 Å². The lowest BCUT2D eigenvalue weighted by Crippen LogP contribution is -2.62. The molecule has 10 atom stereocenters. The Kier molecular flexibility index (Phi) is 11.0. The summed E-state index contributed by atoms with van der Waals surface area (Å²) in [6.45, 7) is 0.716. The molecule has 0 spiro atoms. The van der Waals surface area contributed by atoms with E-state index in [1.54, 1.807) is 0 Å². The Morgan fingerprint density at radius 2 is 1.46 bits per heavy atom. The number of carbonyl (C=O) groups is 1. The maximum absolute atomic E-state index is 13.9. The second-order valence-corrected chi connectivity index (χ2v) is 12.6. The number of hydrogen-bond donors (Lipinski definition) is 10. The van der Waals surface area contributed by atoms with Crippen LogP contribution in [0.25, 0.3) is 28.4 Å². The summed E-state index contributed by atoms with van der Waals surface area (Å²) in [6.07, 6.45) is -14.6. The van der Waals surface area contributed by atoms with E-state index < -0.39 is 119 Å². The third-order valence-electron chi connectivity index (χ3n) is 8.82. The summed E-state index contributed by atoms with van der Waals surface area (Å²) >= 11 is 0. The molecule has 18 nitrogen and oxygen atoms in total. The van der Waals surface area contributed by atoms with Crippen LogP contribution in [0.15, 0.2) is 69.9 Å². The number of benzene rings is 3. The van der Waals surface area contributed by atoms with Crippen molar-refractivity contribution in [2.45, 2.75) is 68.3 Å². The van der Waals surface area contributed by atoms with Crippen molar-refractivity contribution < 1.29 is 84.0 Å². The van der Waals surface area contributed by atoms with Gasteiger partial charge in [-0.3, -0.25) is 4.79 Å². The van der Waals surface area contributed by atoms with Gasteiger partial charge in [0.25, 0.3) is 0 Å². The first kappa shape index (κ1) is 38.3. The van der Waals surface area contributed by atoms with Crippen LogP contribution < -0.4 is 10.2 Å². The van der Waals surface area contributed by atoms with Crippen LogP contribution in [0.3, 0.4) is 0 Å². The fourth-order valence-corrected chi connectivity index (χ4v) is 5.89. The summed E-state index contributed by atoms with van der Waals surface area (Å²) in [5, 5.41) is 103. The summed E-state index contributed by atoms with van der Waals surface area (Å²) < 4.78 is 34.1. The van der Waals surface area contributed by atoms with Gasteiger partial charge in [0.15, 0.2) is 29.7 Å².